The summed E-state index contributed by atoms with van der Waals surface area (Å²) >= 11 is 3.71. The van der Waals surface area contributed by atoms with Gasteiger partial charge in [0, 0.05) is 26.1 Å². The minimum Gasteiger partial charge on any atom is -0.366 e. The maximum atomic E-state index is 9.58. The second kappa shape index (κ2) is 8.95. The molecule has 0 bridgehead atoms. The van der Waals surface area contributed by atoms with Crippen LogP contribution in [0.4, 0.5) is 5.82 Å². The third kappa shape index (κ3) is 5.14. The van der Waals surface area contributed by atoms with E-state index in [1.54, 1.807) is 0 Å². The summed E-state index contributed by atoms with van der Waals surface area (Å²) in [6.07, 6.45) is 4.07. The van der Waals surface area contributed by atoms with E-state index in [2.05, 4.69) is 63.9 Å². The second-order valence-corrected chi connectivity index (χ2v) is 15.3. The van der Waals surface area contributed by atoms with Crippen LogP contribution in [0.25, 0.3) is 10.9 Å². The number of nitrogens with one attached hydrogen (secondary N) is 1. The molecule has 2 aromatic heterocycles. The average Bonchev–Trinajstić information content (AvgIpc) is 3.00. The minimum atomic E-state index is -1.13. The molecule has 6 nitrogen and oxygen atoms in total. The van der Waals surface area contributed by atoms with Gasteiger partial charge in [-0.1, -0.05) is 19.6 Å². The monoisotopic (exact) mass is 463 g/mol. The highest BCUT2D eigenvalue weighted by Gasteiger charge is 2.20. The maximum absolute atomic E-state index is 9.58. The molecule has 0 aromatic carbocycles. The van der Waals surface area contributed by atoms with Gasteiger partial charge < -0.3 is 19.5 Å². The zero-order chi connectivity index (χ0) is 20.3. The van der Waals surface area contributed by atoms with Crippen LogP contribution in [0.1, 0.15) is 18.5 Å². The van der Waals surface area contributed by atoms with Gasteiger partial charge in [0.2, 0.25) is 0 Å². The molecule has 0 saturated carbocycles. The van der Waals surface area contributed by atoms with Crippen molar-refractivity contribution in [2.24, 2.45) is 0 Å². The summed E-state index contributed by atoms with van der Waals surface area (Å²) in [5.74, 6) is 0.850. The number of anilines is 1. The number of nitrogens with zero attached hydrogens (tertiary/aromatic N) is 4. The number of hydrogen-bond donors (Lipinski definition) is 1. The van der Waals surface area contributed by atoms with Gasteiger partial charge >= 0.3 is 0 Å². The predicted octanol–water partition coefficient (Wildman–Crippen LogP) is 4.49. The van der Waals surface area contributed by atoms with Crippen LogP contribution >= 0.6 is 15.9 Å². The third-order valence-corrected chi connectivity index (χ3v) is 7.80. The fourth-order valence-corrected chi connectivity index (χ4v) is 4.69. The van der Waals surface area contributed by atoms with Gasteiger partial charge in [0.05, 0.1) is 16.2 Å². The number of fused-ring (bicyclic) bond motifs is 1. The van der Waals surface area contributed by atoms with E-state index < -0.39 is 8.07 Å². The Morgan fingerprint density at radius 3 is 2.71 bits per heavy atom. The van der Waals surface area contributed by atoms with E-state index in [4.69, 9.17) is 4.74 Å². The lowest BCUT2D eigenvalue weighted by Gasteiger charge is -2.30. The highest BCUT2D eigenvalue weighted by molar-refractivity contribution is 9.10. The smallest absolute Gasteiger partial charge is 0.141 e. The number of hydrogen-bond acceptors (Lipinski definition) is 5. The number of pyridine rings is 1. The van der Waals surface area contributed by atoms with Gasteiger partial charge in [0.25, 0.3) is 0 Å². The fraction of sp³-hybridized carbons (Fsp3) is 0.600. The van der Waals surface area contributed by atoms with Crippen LogP contribution in [-0.2, 0) is 11.5 Å². The van der Waals surface area contributed by atoms with E-state index in [0.717, 1.165) is 59.8 Å². The lowest BCUT2D eigenvalue weighted by molar-refractivity contribution is 0.0897. The van der Waals surface area contributed by atoms with Gasteiger partial charge in [-0.05, 0) is 61.0 Å². The van der Waals surface area contributed by atoms with Crippen molar-refractivity contribution in [2.75, 3.05) is 32.1 Å². The van der Waals surface area contributed by atoms with E-state index in [1.165, 1.54) is 0 Å². The molecular formula is C20H30BrN5OSi. The van der Waals surface area contributed by atoms with Gasteiger partial charge in [-0.15, -0.1) is 0 Å². The van der Waals surface area contributed by atoms with Gasteiger partial charge in [0.15, 0.2) is 0 Å². The molecule has 1 fully saturated rings. The van der Waals surface area contributed by atoms with Gasteiger partial charge in [-0.25, -0.2) is 4.98 Å². The summed E-state index contributed by atoms with van der Waals surface area (Å²) in [6.45, 7) is 10.3. The van der Waals surface area contributed by atoms with Crippen molar-refractivity contribution in [3.63, 3.8) is 0 Å². The highest BCUT2D eigenvalue weighted by atomic mass is 79.9. The minimum absolute atomic E-state index is 0.382. The summed E-state index contributed by atoms with van der Waals surface area (Å²) in [5, 5.41) is 14.1. The lowest BCUT2D eigenvalue weighted by Crippen LogP contribution is -2.36. The first-order valence-corrected chi connectivity index (χ1v) is 14.4. The van der Waals surface area contributed by atoms with Crippen molar-refractivity contribution >= 4 is 40.7 Å². The Bertz CT molecular complexity index is 862. The molecule has 28 heavy (non-hydrogen) atoms. The number of aromatic nitrogens is 2. The molecule has 0 atom stereocenters. The Morgan fingerprint density at radius 1 is 1.36 bits per heavy atom. The van der Waals surface area contributed by atoms with E-state index in [1.807, 2.05) is 16.8 Å². The molecule has 3 rings (SSSR count). The van der Waals surface area contributed by atoms with Crippen LogP contribution in [-0.4, -0.2) is 55.3 Å². The van der Waals surface area contributed by atoms with Crippen LogP contribution in [0.15, 0.2) is 16.7 Å². The van der Waals surface area contributed by atoms with Crippen molar-refractivity contribution in [3.05, 3.63) is 22.4 Å². The fourth-order valence-electron chi connectivity index (χ4n) is 3.40. The first-order valence-electron chi connectivity index (χ1n) is 9.89. The van der Waals surface area contributed by atoms with E-state index in [0.29, 0.717) is 18.5 Å². The molecule has 0 radical (unpaired) electrons. The number of ether oxygens (including phenoxy) is 1. The van der Waals surface area contributed by atoms with Crippen LogP contribution < -0.4 is 5.32 Å². The SMILES string of the molecule is CN1CCC(Nc2ncc3c(cc(C#N)n3COCC[Si](C)(C)C)c2Br)CC1. The molecule has 3 heterocycles. The average molecular weight is 464 g/mol. The zero-order valence-corrected chi connectivity index (χ0v) is 19.8. The maximum Gasteiger partial charge on any atom is 0.141 e. The lowest BCUT2D eigenvalue weighted by atomic mass is 10.1. The normalized spacial score (nSPS) is 16.4. The van der Waals surface area contributed by atoms with Gasteiger partial charge in [0.1, 0.15) is 24.3 Å². The summed E-state index contributed by atoms with van der Waals surface area (Å²) < 4.78 is 8.72. The number of halogens is 1. The number of piperidine rings is 1. The summed E-state index contributed by atoms with van der Waals surface area (Å²) in [4.78, 5) is 7.00. The third-order valence-electron chi connectivity index (χ3n) is 5.29. The van der Waals surface area contributed by atoms with Crippen LogP contribution in [0.5, 0.6) is 0 Å². The summed E-state index contributed by atoms with van der Waals surface area (Å²) in [5.41, 5.74) is 1.52. The molecular weight excluding hydrogens is 434 g/mol. The van der Waals surface area contributed by atoms with Crippen molar-refractivity contribution in [1.82, 2.24) is 14.5 Å². The zero-order valence-electron chi connectivity index (χ0n) is 17.3. The number of rotatable bonds is 7. The van der Waals surface area contributed by atoms with Crippen molar-refractivity contribution < 1.29 is 4.74 Å². The molecule has 1 aliphatic rings. The largest absolute Gasteiger partial charge is 0.366 e. The van der Waals surface area contributed by atoms with E-state index in [-0.39, 0.29) is 0 Å². The molecule has 0 spiro atoms. The highest BCUT2D eigenvalue weighted by Crippen LogP contribution is 2.33. The molecule has 152 valence electrons. The van der Waals surface area contributed by atoms with Crippen molar-refractivity contribution in [1.29, 1.82) is 5.26 Å². The van der Waals surface area contributed by atoms with Crippen LogP contribution in [0, 0.1) is 11.3 Å². The second-order valence-electron chi connectivity index (χ2n) is 8.86. The first-order chi connectivity index (χ1) is 13.3. The van der Waals surface area contributed by atoms with Crippen LogP contribution in [0.3, 0.4) is 0 Å². The molecule has 2 aromatic rings. The van der Waals surface area contributed by atoms with Gasteiger partial charge in [-0.2, -0.15) is 5.26 Å². The Morgan fingerprint density at radius 2 is 2.07 bits per heavy atom. The Kier molecular flexibility index (Phi) is 6.81. The Hall–Kier alpha value is -1.40. The summed E-state index contributed by atoms with van der Waals surface area (Å²) in [7, 11) is 1.03. The standard InChI is InChI=1S/C20H30BrN5OSi/c1-25-7-5-15(6-8-25)24-20-19(21)17-11-16(12-22)26(18(17)13-23-20)14-27-9-10-28(2,3)4/h11,13,15H,5-10,14H2,1-4H3,(H,23,24). The quantitative estimate of drug-likeness (QED) is 0.483. The molecule has 1 N–H and O–H groups in total. The molecule has 0 aliphatic carbocycles. The van der Waals surface area contributed by atoms with Crippen molar-refractivity contribution in [3.8, 4) is 6.07 Å². The molecule has 0 amide bonds. The first kappa shape index (κ1) is 21.3. The predicted molar refractivity (Wildman–Crippen MR) is 120 cm³/mol. The van der Waals surface area contributed by atoms with E-state index >= 15 is 0 Å². The van der Waals surface area contributed by atoms with Crippen LogP contribution in [0.2, 0.25) is 25.7 Å². The van der Waals surface area contributed by atoms with Crippen molar-refractivity contribution in [2.45, 2.75) is 51.3 Å². The molecule has 1 saturated heterocycles. The molecule has 0 unspecified atom stereocenters. The Labute approximate surface area is 177 Å². The number of likely N-dealkylation sites (tertiary alicyclic amines) is 1. The molecule has 1 aliphatic heterocycles. The molecule has 8 heteroatoms. The number of nitriles is 1. The topological polar surface area (TPSA) is 66.1 Å². The van der Waals surface area contributed by atoms with Gasteiger partial charge in [-0.3, -0.25) is 0 Å². The summed E-state index contributed by atoms with van der Waals surface area (Å²) in [6, 6.07) is 5.75. The Balaban J connectivity index is 1.76. The van der Waals surface area contributed by atoms with E-state index in [9.17, 15) is 5.26 Å².